The number of rotatable bonds is 0. The summed E-state index contributed by atoms with van der Waals surface area (Å²) in [5.74, 6) is 0.147. The van der Waals surface area contributed by atoms with E-state index < -0.39 is 0 Å². The predicted octanol–water partition coefficient (Wildman–Crippen LogP) is 0.338. The summed E-state index contributed by atoms with van der Waals surface area (Å²) in [4.78, 5) is 13.3. The molecule has 3 heteroatoms. The predicted molar refractivity (Wildman–Crippen MR) is 43.2 cm³/mol. The molecule has 2 aliphatic rings. The lowest BCUT2D eigenvalue weighted by Crippen LogP contribution is -2.39. The average molecular weight is 162 g/mol. The molecule has 2 heterocycles. The Balaban J connectivity index is 2.34. The molecule has 2 aliphatic heterocycles. The van der Waals surface area contributed by atoms with Crippen molar-refractivity contribution in [1.82, 2.24) is 4.90 Å². The van der Waals surface area contributed by atoms with Crippen molar-refractivity contribution in [2.45, 2.75) is 18.5 Å². The van der Waals surface area contributed by atoms with Gasteiger partial charge in [-0.25, -0.2) is 0 Å². The molecule has 12 heavy (non-hydrogen) atoms. The van der Waals surface area contributed by atoms with Crippen LogP contribution >= 0.6 is 0 Å². The molecule has 0 radical (unpaired) electrons. The van der Waals surface area contributed by atoms with E-state index in [9.17, 15) is 4.79 Å². The first-order chi connectivity index (χ1) is 5.74. The van der Waals surface area contributed by atoms with Gasteiger partial charge in [0.1, 0.15) is 0 Å². The zero-order valence-electron chi connectivity index (χ0n) is 6.90. The van der Waals surface area contributed by atoms with Crippen LogP contribution in [0.2, 0.25) is 0 Å². The van der Waals surface area contributed by atoms with Crippen LogP contribution in [0, 0.1) is 17.2 Å². The van der Waals surface area contributed by atoms with Crippen molar-refractivity contribution in [2.75, 3.05) is 7.05 Å². The highest BCUT2D eigenvalue weighted by molar-refractivity contribution is 5.95. The highest BCUT2D eigenvalue weighted by Gasteiger charge is 2.42. The molecule has 0 aromatic carbocycles. The smallest absolute Gasteiger partial charge is 0.172 e. The van der Waals surface area contributed by atoms with E-state index in [0.717, 1.165) is 0 Å². The third kappa shape index (κ3) is 0.819. The first-order valence-corrected chi connectivity index (χ1v) is 4.07. The van der Waals surface area contributed by atoms with E-state index in [2.05, 4.69) is 6.07 Å². The van der Waals surface area contributed by atoms with Crippen molar-refractivity contribution < 1.29 is 4.79 Å². The molecule has 3 atom stereocenters. The maximum atomic E-state index is 11.3. The molecule has 1 fully saturated rings. The molecule has 2 bridgehead atoms. The topological polar surface area (TPSA) is 44.1 Å². The van der Waals surface area contributed by atoms with Crippen LogP contribution < -0.4 is 0 Å². The zero-order chi connectivity index (χ0) is 8.72. The van der Waals surface area contributed by atoms with Crippen molar-refractivity contribution in [1.29, 1.82) is 5.26 Å². The first-order valence-electron chi connectivity index (χ1n) is 4.07. The van der Waals surface area contributed by atoms with Gasteiger partial charge in [-0.1, -0.05) is 6.08 Å². The first kappa shape index (κ1) is 7.51. The van der Waals surface area contributed by atoms with E-state index in [4.69, 9.17) is 5.26 Å². The fraction of sp³-hybridized carbons (Fsp3) is 0.556. The Hall–Kier alpha value is -1.14. The number of nitrogens with zero attached hydrogens (tertiary/aromatic N) is 2. The average Bonchev–Trinajstić information content (AvgIpc) is 2.26. The van der Waals surface area contributed by atoms with E-state index in [1.165, 1.54) is 0 Å². The van der Waals surface area contributed by atoms with Gasteiger partial charge < -0.3 is 0 Å². The molecule has 3 nitrogen and oxygen atoms in total. The SMILES string of the molecule is CN1[C@H]2C[C@H](C#N)[C@@H]1C=CC2=O. The molecule has 0 spiro atoms. The van der Waals surface area contributed by atoms with Gasteiger partial charge in [-0.15, -0.1) is 0 Å². The number of hydrogen-bond acceptors (Lipinski definition) is 3. The van der Waals surface area contributed by atoms with Gasteiger partial charge >= 0.3 is 0 Å². The minimum atomic E-state index is -0.0374. The van der Waals surface area contributed by atoms with Crippen LogP contribution in [0.3, 0.4) is 0 Å². The highest BCUT2D eigenvalue weighted by atomic mass is 16.1. The second-order valence-electron chi connectivity index (χ2n) is 3.40. The third-order valence-electron chi connectivity index (χ3n) is 2.80. The second-order valence-corrected chi connectivity index (χ2v) is 3.40. The van der Waals surface area contributed by atoms with Crippen LogP contribution in [-0.2, 0) is 4.79 Å². The van der Waals surface area contributed by atoms with Gasteiger partial charge in [-0.2, -0.15) is 5.26 Å². The molecular formula is C9H10N2O. The van der Waals surface area contributed by atoms with Crippen molar-refractivity contribution in [3.05, 3.63) is 12.2 Å². The third-order valence-corrected chi connectivity index (χ3v) is 2.80. The van der Waals surface area contributed by atoms with Gasteiger partial charge in [0.25, 0.3) is 0 Å². The molecule has 2 rings (SSSR count). The van der Waals surface area contributed by atoms with Gasteiger partial charge in [-0.3, -0.25) is 9.69 Å². The molecule has 0 aromatic heterocycles. The van der Waals surface area contributed by atoms with Gasteiger partial charge in [0.15, 0.2) is 5.78 Å². The highest BCUT2D eigenvalue weighted by Crippen LogP contribution is 2.32. The van der Waals surface area contributed by atoms with E-state index in [-0.39, 0.29) is 23.8 Å². The van der Waals surface area contributed by atoms with Crippen LogP contribution in [0.5, 0.6) is 0 Å². The summed E-state index contributed by atoms with van der Waals surface area (Å²) in [7, 11) is 1.91. The number of fused-ring (bicyclic) bond motifs is 2. The minimum absolute atomic E-state index is 0.00250. The molecule has 0 saturated carbocycles. The second kappa shape index (κ2) is 2.43. The summed E-state index contributed by atoms with van der Waals surface area (Å²) < 4.78 is 0. The minimum Gasteiger partial charge on any atom is -0.293 e. The Kier molecular flexibility index (Phi) is 1.52. The van der Waals surface area contributed by atoms with Crippen LogP contribution in [0.1, 0.15) is 6.42 Å². The summed E-state index contributed by atoms with van der Waals surface area (Å²) in [6.45, 7) is 0. The van der Waals surface area contributed by atoms with E-state index >= 15 is 0 Å². The normalized spacial score (nSPS) is 40.0. The van der Waals surface area contributed by atoms with Crippen molar-refractivity contribution >= 4 is 5.78 Å². The molecule has 0 N–H and O–H groups in total. The monoisotopic (exact) mass is 162 g/mol. The Morgan fingerprint density at radius 1 is 1.75 bits per heavy atom. The number of nitriles is 1. The van der Waals surface area contributed by atoms with Crippen LogP contribution in [-0.4, -0.2) is 29.8 Å². The fourth-order valence-electron chi connectivity index (χ4n) is 2.06. The molecule has 0 amide bonds. The van der Waals surface area contributed by atoms with Gasteiger partial charge in [0.05, 0.1) is 18.0 Å². The van der Waals surface area contributed by atoms with Crippen LogP contribution in [0.4, 0.5) is 0 Å². The number of ketones is 1. The molecule has 0 aromatic rings. The fourth-order valence-corrected chi connectivity index (χ4v) is 2.06. The summed E-state index contributed by atoms with van der Waals surface area (Å²) in [6.07, 6.45) is 4.16. The van der Waals surface area contributed by atoms with Crippen LogP contribution in [0.15, 0.2) is 12.2 Å². The molecule has 1 saturated heterocycles. The molecular weight excluding hydrogens is 152 g/mol. The Bertz CT molecular complexity index is 289. The van der Waals surface area contributed by atoms with Crippen molar-refractivity contribution in [3.63, 3.8) is 0 Å². The van der Waals surface area contributed by atoms with Gasteiger partial charge in [0.2, 0.25) is 0 Å². The maximum Gasteiger partial charge on any atom is 0.172 e. The van der Waals surface area contributed by atoms with Crippen molar-refractivity contribution in [2.24, 2.45) is 5.92 Å². The number of carbonyl (C=O) groups is 1. The van der Waals surface area contributed by atoms with E-state index in [1.54, 1.807) is 6.08 Å². The quantitative estimate of drug-likeness (QED) is 0.516. The van der Waals surface area contributed by atoms with Crippen molar-refractivity contribution in [3.8, 4) is 6.07 Å². The summed E-state index contributed by atoms with van der Waals surface area (Å²) in [5, 5.41) is 8.80. The molecule has 62 valence electrons. The standard InChI is InChI=1S/C9H10N2O/c1-11-7-2-3-9(12)8(11)4-6(7)5-10/h2-3,6-8H,4H2,1H3/t6-,7+,8+/m1/s1. The Morgan fingerprint density at radius 2 is 2.50 bits per heavy atom. The van der Waals surface area contributed by atoms with Crippen LogP contribution in [0.25, 0.3) is 0 Å². The Labute approximate surface area is 71.3 Å². The lowest BCUT2D eigenvalue weighted by atomic mass is 10.0. The van der Waals surface area contributed by atoms with E-state index in [0.29, 0.717) is 6.42 Å². The number of carbonyl (C=O) groups excluding carboxylic acids is 1. The Morgan fingerprint density at radius 3 is 3.08 bits per heavy atom. The molecule has 0 aliphatic carbocycles. The lowest BCUT2D eigenvalue weighted by Gasteiger charge is -2.25. The largest absolute Gasteiger partial charge is 0.293 e. The lowest BCUT2D eigenvalue weighted by molar-refractivity contribution is -0.119. The molecule has 0 unspecified atom stereocenters. The van der Waals surface area contributed by atoms with E-state index in [1.807, 2.05) is 18.0 Å². The number of hydrogen-bond donors (Lipinski definition) is 0. The zero-order valence-corrected chi connectivity index (χ0v) is 6.90. The van der Waals surface area contributed by atoms with Gasteiger partial charge in [-0.05, 0) is 19.5 Å². The summed E-state index contributed by atoms with van der Waals surface area (Å²) in [5.41, 5.74) is 0. The number of likely N-dealkylation sites (N-methyl/N-ethyl adjacent to an activating group) is 1. The van der Waals surface area contributed by atoms with Gasteiger partial charge in [0, 0.05) is 6.04 Å². The maximum absolute atomic E-state index is 11.3. The summed E-state index contributed by atoms with van der Waals surface area (Å²) in [6, 6.07) is 2.37. The summed E-state index contributed by atoms with van der Waals surface area (Å²) >= 11 is 0.